The van der Waals surface area contributed by atoms with E-state index in [-0.39, 0.29) is 18.0 Å². The molecule has 17 heavy (non-hydrogen) atoms. The molecule has 0 radical (unpaired) electrons. The van der Waals surface area contributed by atoms with Crippen LogP contribution in [0.25, 0.3) is 10.9 Å². The SMILES string of the molecule is CCOC(=O)c1nnc2cc(F)ccc2c1N. The predicted octanol–water partition coefficient (Wildman–Crippen LogP) is 1.53. The molecule has 0 saturated heterocycles. The van der Waals surface area contributed by atoms with Gasteiger partial charge in [-0.2, -0.15) is 0 Å². The van der Waals surface area contributed by atoms with Gasteiger partial charge >= 0.3 is 5.97 Å². The quantitative estimate of drug-likeness (QED) is 0.798. The number of esters is 1. The lowest BCUT2D eigenvalue weighted by atomic mass is 10.1. The maximum absolute atomic E-state index is 12.9. The van der Waals surface area contributed by atoms with E-state index in [1.54, 1.807) is 6.92 Å². The second-order valence-electron chi connectivity index (χ2n) is 3.34. The molecular weight excluding hydrogens is 225 g/mol. The molecule has 0 amide bonds. The van der Waals surface area contributed by atoms with E-state index in [9.17, 15) is 9.18 Å². The van der Waals surface area contributed by atoms with Gasteiger partial charge < -0.3 is 10.5 Å². The minimum absolute atomic E-state index is 0.0500. The summed E-state index contributed by atoms with van der Waals surface area (Å²) in [5, 5.41) is 7.86. The molecule has 2 rings (SSSR count). The molecule has 1 heterocycles. The number of aromatic nitrogens is 2. The summed E-state index contributed by atoms with van der Waals surface area (Å²) in [6.45, 7) is 1.90. The van der Waals surface area contributed by atoms with Gasteiger partial charge in [-0.15, -0.1) is 10.2 Å². The van der Waals surface area contributed by atoms with E-state index >= 15 is 0 Å². The lowest BCUT2D eigenvalue weighted by Crippen LogP contribution is -2.12. The van der Waals surface area contributed by atoms with Crippen molar-refractivity contribution in [1.29, 1.82) is 0 Å². The van der Waals surface area contributed by atoms with E-state index in [0.717, 1.165) is 0 Å². The Hall–Kier alpha value is -2.24. The van der Waals surface area contributed by atoms with Gasteiger partial charge in [0.25, 0.3) is 0 Å². The highest BCUT2D eigenvalue weighted by Gasteiger charge is 2.16. The third kappa shape index (κ3) is 2.01. The Morgan fingerprint density at radius 1 is 1.47 bits per heavy atom. The Morgan fingerprint density at radius 3 is 2.94 bits per heavy atom. The average molecular weight is 235 g/mol. The van der Waals surface area contributed by atoms with Crippen LogP contribution >= 0.6 is 0 Å². The van der Waals surface area contributed by atoms with Crippen LogP contribution in [0.5, 0.6) is 0 Å². The Labute approximate surface area is 96.4 Å². The number of hydrogen-bond donors (Lipinski definition) is 1. The van der Waals surface area contributed by atoms with E-state index in [1.165, 1.54) is 18.2 Å². The van der Waals surface area contributed by atoms with E-state index in [4.69, 9.17) is 10.5 Å². The molecule has 5 nitrogen and oxygen atoms in total. The smallest absolute Gasteiger partial charge is 0.361 e. The summed E-state index contributed by atoms with van der Waals surface area (Å²) in [6, 6.07) is 3.90. The van der Waals surface area contributed by atoms with Crippen LogP contribution in [-0.2, 0) is 4.74 Å². The number of nitrogens with two attached hydrogens (primary N) is 1. The van der Waals surface area contributed by atoms with E-state index in [0.29, 0.717) is 10.9 Å². The molecule has 6 heteroatoms. The van der Waals surface area contributed by atoms with Gasteiger partial charge in [-0.1, -0.05) is 0 Å². The van der Waals surface area contributed by atoms with Crippen LogP contribution in [-0.4, -0.2) is 22.8 Å². The van der Waals surface area contributed by atoms with Crippen molar-refractivity contribution in [2.24, 2.45) is 0 Å². The Morgan fingerprint density at radius 2 is 2.24 bits per heavy atom. The summed E-state index contributed by atoms with van der Waals surface area (Å²) in [5.41, 5.74) is 6.17. The zero-order valence-electron chi connectivity index (χ0n) is 9.11. The van der Waals surface area contributed by atoms with Gasteiger partial charge in [-0.3, -0.25) is 0 Å². The summed E-state index contributed by atoms with van der Waals surface area (Å²) in [6.07, 6.45) is 0. The Bertz CT molecular complexity index is 586. The normalized spacial score (nSPS) is 10.5. The maximum atomic E-state index is 12.9. The molecule has 0 spiro atoms. The fourth-order valence-electron chi connectivity index (χ4n) is 1.45. The van der Waals surface area contributed by atoms with Crippen LogP contribution in [0.1, 0.15) is 17.4 Å². The van der Waals surface area contributed by atoms with Crippen molar-refractivity contribution in [3.63, 3.8) is 0 Å². The minimum Gasteiger partial charge on any atom is -0.461 e. The van der Waals surface area contributed by atoms with Gasteiger partial charge in [0.2, 0.25) is 0 Å². The average Bonchev–Trinajstić information content (AvgIpc) is 2.29. The Balaban J connectivity index is 2.58. The molecule has 0 aliphatic carbocycles. The van der Waals surface area contributed by atoms with Crippen molar-refractivity contribution >= 4 is 22.6 Å². The van der Waals surface area contributed by atoms with Crippen LogP contribution in [0.15, 0.2) is 18.2 Å². The molecule has 2 N–H and O–H groups in total. The third-order valence-corrected chi connectivity index (χ3v) is 2.23. The fourth-order valence-corrected chi connectivity index (χ4v) is 1.45. The van der Waals surface area contributed by atoms with Gasteiger partial charge in [-0.05, 0) is 19.1 Å². The third-order valence-electron chi connectivity index (χ3n) is 2.23. The number of nitrogens with zero attached hydrogens (tertiary/aromatic N) is 2. The molecule has 1 aromatic carbocycles. The number of rotatable bonds is 2. The van der Waals surface area contributed by atoms with Gasteiger partial charge in [0.15, 0.2) is 5.69 Å². The molecule has 0 atom stereocenters. The molecule has 0 bridgehead atoms. The van der Waals surface area contributed by atoms with Crippen molar-refractivity contribution in [3.8, 4) is 0 Å². The van der Waals surface area contributed by atoms with Crippen molar-refractivity contribution in [3.05, 3.63) is 29.7 Å². The predicted molar refractivity (Wildman–Crippen MR) is 59.9 cm³/mol. The number of carbonyl (C=O) groups is 1. The summed E-state index contributed by atoms with van der Waals surface area (Å²) in [4.78, 5) is 11.5. The largest absolute Gasteiger partial charge is 0.461 e. The first-order chi connectivity index (χ1) is 8.13. The zero-order chi connectivity index (χ0) is 12.4. The van der Waals surface area contributed by atoms with Crippen molar-refractivity contribution in [1.82, 2.24) is 10.2 Å². The fraction of sp³-hybridized carbons (Fsp3) is 0.182. The second-order valence-corrected chi connectivity index (χ2v) is 3.34. The standard InChI is InChI=1S/C11H10FN3O2/c1-2-17-11(16)10-9(13)7-4-3-6(12)5-8(7)14-15-10/h3-5H,2H2,1H3,(H2,13,14). The minimum atomic E-state index is -0.635. The van der Waals surface area contributed by atoms with E-state index in [2.05, 4.69) is 10.2 Å². The van der Waals surface area contributed by atoms with Crippen LogP contribution in [0, 0.1) is 5.82 Å². The van der Waals surface area contributed by atoms with Crippen LogP contribution in [0.2, 0.25) is 0 Å². The first-order valence-electron chi connectivity index (χ1n) is 5.02. The topological polar surface area (TPSA) is 78.1 Å². The zero-order valence-corrected chi connectivity index (χ0v) is 9.11. The van der Waals surface area contributed by atoms with Crippen LogP contribution < -0.4 is 5.73 Å². The molecule has 0 unspecified atom stereocenters. The summed E-state index contributed by atoms with van der Waals surface area (Å²) >= 11 is 0. The number of benzene rings is 1. The van der Waals surface area contributed by atoms with Gasteiger partial charge in [0.05, 0.1) is 17.8 Å². The number of fused-ring (bicyclic) bond motifs is 1. The highest BCUT2D eigenvalue weighted by molar-refractivity contribution is 6.02. The van der Waals surface area contributed by atoms with E-state index in [1.807, 2.05) is 0 Å². The van der Waals surface area contributed by atoms with Crippen molar-refractivity contribution in [2.45, 2.75) is 6.92 Å². The van der Waals surface area contributed by atoms with Crippen molar-refractivity contribution < 1.29 is 13.9 Å². The number of anilines is 1. The first kappa shape index (κ1) is 11.3. The second kappa shape index (κ2) is 4.32. The van der Waals surface area contributed by atoms with Crippen molar-refractivity contribution in [2.75, 3.05) is 12.3 Å². The van der Waals surface area contributed by atoms with Gasteiger partial charge in [0, 0.05) is 11.5 Å². The van der Waals surface area contributed by atoms with E-state index < -0.39 is 11.8 Å². The van der Waals surface area contributed by atoms with Gasteiger partial charge in [-0.25, -0.2) is 9.18 Å². The number of hydrogen-bond acceptors (Lipinski definition) is 5. The number of nitrogen functional groups attached to an aromatic ring is 1. The summed E-state index contributed by atoms with van der Waals surface area (Å²) < 4.78 is 17.7. The van der Waals surface area contributed by atoms with Crippen LogP contribution in [0.3, 0.4) is 0 Å². The number of ether oxygens (including phenoxy) is 1. The maximum Gasteiger partial charge on any atom is 0.361 e. The number of carbonyl (C=O) groups excluding carboxylic acids is 1. The molecule has 0 aliphatic heterocycles. The molecular formula is C11H10FN3O2. The van der Waals surface area contributed by atoms with Gasteiger partial charge in [0.1, 0.15) is 5.82 Å². The molecule has 0 aliphatic rings. The molecule has 1 aromatic heterocycles. The Kier molecular flexibility index (Phi) is 2.86. The summed E-state index contributed by atoms with van der Waals surface area (Å²) in [7, 11) is 0. The summed E-state index contributed by atoms with van der Waals surface area (Å²) in [5.74, 6) is -1.07. The molecule has 88 valence electrons. The lowest BCUT2D eigenvalue weighted by Gasteiger charge is -2.06. The highest BCUT2D eigenvalue weighted by Crippen LogP contribution is 2.22. The lowest BCUT2D eigenvalue weighted by molar-refractivity contribution is 0.0520. The molecule has 0 saturated carbocycles. The number of halogens is 1. The highest BCUT2D eigenvalue weighted by atomic mass is 19.1. The molecule has 0 fully saturated rings. The van der Waals surface area contributed by atoms with Crippen LogP contribution in [0.4, 0.5) is 10.1 Å². The molecule has 2 aromatic rings. The monoisotopic (exact) mass is 235 g/mol. The first-order valence-corrected chi connectivity index (χ1v) is 5.02.